The number of hydrogen-bond acceptors (Lipinski definition) is 3. The third-order valence-corrected chi connectivity index (χ3v) is 2.21. The molecule has 0 atom stereocenters. The van der Waals surface area contributed by atoms with Crippen LogP contribution in [-0.2, 0) is 13.6 Å². The molecule has 0 radical (unpaired) electrons. The van der Waals surface area contributed by atoms with E-state index in [1.54, 1.807) is 0 Å². The summed E-state index contributed by atoms with van der Waals surface area (Å²) in [6.45, 7) is 6.33. The van der Waals surface area contributed by atoms with E-state index in [1.807, 2.05) is 24.0 Å². The molecule has 86 valence electrons. The van der Waals surface area contributed by atoms with E-state index in [4.69, 9.17) is 0 Å². The predicted octanol–water partition coefficient (Wildman–Crippen LogP) is 0.899. The van der Waals surface area contributed by atoms with Crippen molar-refractivity contribution in [1.82, 2.24) is 20.4 Å². The standard InChI is InChI=1S/C11H22N4/c1-3-6-12-7-4-8-13-10-11-5-9-15(2)14-11/h5,9,12-13H,3-4,6-8,10H2,1-2H3. The van der Waals surface area contributed by atoms with Crippen molar-refractivity contribution in [3.05, 3.63) is 18.0 Å². The van der Waals surface area contributed by atoms with Crippen LogP contribution < -0.4 is 10.6 Å². The molecule has 0 saturated heterocycles. The van der Waals surface area contributed by atoms with Gasteiger partial charge in [-0.2, -0.15) is 5.10 Å². The van der Waals surface area contributed by atoms with Gasteiger partial charge in [0.15, 0.2) is 0 Å². The lowest BCUT2D eigenvalue weighted by atomic mass is 10.3. The molecule has 0 unspecified atom stereocenters. The molecule has 4 heteroatoms. The second-order valence-corrected chi connectivity index (χ2v) is 3.76. The largest absolute Gasteiger partial charge is 0.317 e. The highest BCUT2D eigenvalue weighted by Gasteiger charge is 1.95. The Hall–Kier alpha value is -0.870. The first-order chi connectivity index (χ1) is 7.33. The number of rotatable bonds is 8. The van der Waals surface area contributed by atoms with Crippen molar-refractivity contribution in [2.45, 2.75) is 26.3 Å². The highest BCUT2D eigenvalue weighted by Crippen LogP contribution is 1.92. The van der Waals surface area contributed by atoms with Crippen molar-refractivity contribution in [3.63, 3.8) is 0 Å². The molecule has 1 heterocycles. The molecular weight excluding hydrogens is 188 g/mol. The molecule has 1 aromatic heterocycles. The van der Waals surface area contributed by atoms with Gasteiger partial charge >= 0.3 is 0 Å². The highest BCUT2D eigenvalue weighted by molar-refractivity contribution is 4.97. The lowest BCUT2D eigenvalue weighted by molar-refractivity contribution is 0.585. The number of nitrogens with one attached hydrogen (secondary N) is 2. The molecule has 0 fully saturated rings. The molecule has 1 aromatic rings. The molecule has 0 saturated carbocycles. The molecule has 2 N–H and O–H groups in total. The van der Waals surface area contributed by atoms with Crippen molar-refractivity contribution in [2.75, 3.05) is 19.6 Å². The van der Waals surface area contributed by atoms with Crippen LogP contribution in [0.2, 0.25) is 0 Å². The summed E-state index contributed by atoms with van der Waals surface area (Å²) in [5.41, 5.74) is 1.11. The van der Waals surface area contributed by atoms with Crippen LogP contribution in [0, 0.1) is 0 Å². The van der Waals surface area contributed by atoms with Gasteiger partial charge in [-0.15, -0.1) is 0 Å². The average Bonchev–Trinajstić information content (AvgIpc) is 2.63. The maximum atomic E-state index is 4.30. The minimum atomic E-state index is 0.870. The van der Waals surface area contributed by atoms with Gasteiger partial charge in [0.2, 0.25) is 0 Å². The van der Waals surface area contributed by atoms with Gasteiger partial charge in [-0.05, 0) is 38.5 Å². The van der Waals surface area contributed by atoms with Crippen molar-refractivity contribution in [3.8, 4) is 0 Å². The number of nitrogens with zero attached hydrogens (tertiary/aromatic N) is 2. The Morgan fingerprint density at radius 2 is 2.07 bits per heavy atom. The molecule has 0 spiro atoms. The van der Waals surface area contributed by atoms with Crippen molar-refractivity contribution in [1.29, 1.82) is 0 Å². The van der Waals surface area contributed by atoms with Gasteiger partial charge < -0.3 is 10.6 Å². The van der Waals surface area contributed by atoms with Gasteiger partial charge in [0.05, 0.1) is 5.69 Å². The summed E-state index contributed by atoms with van der Waals surface area (Å²) >= 11 is 0. The monoisotopic (exact) mass is 210 g/mol. The number of aryl methyl sites for hydroxylation is 1. The Morgan fingerprint density at radius 1 is 1.27 bits per heavy atom. The fourth-order valence-electron chi connectivity index (χ4n) is 1.41. The van der Waals surface area contributed by atoms with Gasteiger partial charge in [0, 0.05) is 19.8 Å². The number of hydrogen-bond donors (Lipinski definition) is 2. The Kier molecular flexibility index (Phi) is 6.04. The maximum absolute atomic E-state index is 4.30. The predicted molar refractivity (Wildman–Crippen MR) is 62.7 cm³/mol. The van der Waals surface area contributed by atoms with Gasteiger partial charge in [0.1, 0.15) is 0 Å². The van der Waals surface area contributed by atoms with Crippen LogP contribution in [0.1, 0.15) is 25.5 Å². The van der Waals surface area contributed by atoms with Crippen molar-refractivity contribution in [2.24, 2.45) is 7.05 Å². The Bertz CT molecular complexity index is 257. The lowest BCUT2D eigenvalue weighted by Crippen LogP contribution is -2.22. The molecule has 0 bridgehead atoms. The quantitative estimate of drug-likeness (QED) is 0.626. The van der Waals surface area contributed by atoms with E-state index >= 15 is 0 Å². The van der Waals surface area contributed by atoms with Crippen molar-refractivity contribution < 1.29 is 0 Å². The minimum absolute atomic E-state index is 0.870. The summed E-state index contributed by atoms with van der Waals surface area (Å²) in [6, 6.07) is 2.04. The summed E-state index contributed by atoms with van der Waals surface area (Å²) in [4.78, 5) is 0. The van der Waals surface area contributed by atoms with Crippen molar-refractivity contribution >= 4 is 0 Å². The molecule has 0 aliphatic rings. The zero-order valence-electron chi connectivity index (χ0n) is 9.79. The molecule has 4 nitrogen and oxygen atoms in total. The smallest absolute Gasteiger partial charge is 0.0762 e. The molecule has 0 amide bonds. The second-order valence-electron chi connectivity index (χ2n) is 3.76. The van der Waals surface area contributed by atoms with Gasteiger partial charge in [-0.25, -0.2) is 0 Å². The highest BCUT2D eigenvalue weighted by atomic mass is 15.3. The first-order valence-corrected chi connectivity index (χ1v) is 5.73. The molecule has 1 rings (SSSR count). The molecule has 0 aromatic carbocycles. The fourth-order valence-corrected chi connectivity index (χ4v) is 1.41. The summed E-state index contributed by atoms with van der Waals surface area (Å²) in [6.07, 6.45) is 4.36. The first-order valence-electron chi connectivity index (χ1n) is 5.73. The third kappa shape index (κ3) is 5.54. The van der Waals surface area contributed by atoms with Crippen LogP contribution in [-0.4, -0.2) is 29.4 Å². The summed E-state index contributed by atoms with van der Waals surface area (Å²) in [5.74, 6) is 0. The Labute approximate surface area is 92.1 Å². The molecule has 15 heavy (non-hydrogen) atoms. The van der Waals surface area contributed by atoms with E-state index in [0.29, 0.717) is 0 Å². The maximum Gasteiger partial charge on any atom is 0.0762 e. The van der Waals surface area contributed by atoms with E-state index in [2.05, 4.69) is 22.7 Å². The summed E-state index contributed by atoms with van der Waals surface area (Å²) in [7, 11) is 1.94. The van der Waals surface area contributed by atoms with Gasteiger partial charge in [-0.3, -0.25) is 4.68 Å². The van der Waals surface area contributed by atoms with Crippen LogP contribution in [0.25, 0.3) is 0 Å². The topological polar surface area (TPSA) is 41.9 Å². The average molecular weight is 210 g/mol. The van der Waals surface area contributed by atoms with E-state index in [0.717, 1.165) is 31.9 Å². The van der Waals surface area contributed by atoms with Crippen LogP contribution in [0.5, 0.6) is 0 Å². The fraction of sp³-hybridized carbons (Fsp3) is 0.727. The van der Waals surface area contributed by atoms with Crippen LogP contribution in [0.15, 0.2) is 12.3 Å². The van der Waals surface area contributed by atoms with Crippen LogP contribution in [0.4, 0.5) is 0 Å². The SMILES string of the molecule is CCCNCCCNCc1ccn(C)n1. The van der Waals surface area contributed by atoms with E-state index in [9.17, 15) is 0 Å². The Morgan fingerprint density at radius 3 is 2.73 bits per heavy atom. The van der Waals surface area contributed by atoms with Crippen LogP contribution >= 0.6 is 0 Å². The minimum Gasteiger partial charge on any atom is -0.317 e. The zero-order valence-corrected chi connectivity index (χ0v) is 9.79. The zero-order chi connectivity index (χ0) is 10.9. The van der Waals surface area contributed by atoms with Crippen LogP contribution in [0.3, 0.4) is 0 Å². The lowest BCUT2D eigenvalue weighted by Gasteiger charge is -2.03. The number of aromatic nitrogens is 2. The summed E-state index contributed by atoms with van der Waals surface area (Å²) in [5, 5.41) is 11.1. The Balaban J connectivity index is 1.93. The normalized spacial score (nSPS) is 10.8. The molecule has 0 aliphatic carbocycles. The van der Waals surface area contributed by atoms with E-state index in [1.165, 1.54) is 12.8 Å². The van der Waals surface area contributed by atoms with Gasteiger partial charge in [0.25, 0.3) is 0 Å². The molecule has 0 aliphatic heterocycles. The summed E-state index contributed by atoms with van der Waals surface area (Å²) < 4.78 is 1.83. The van der Waals surface area contributed by atoms with E-state index in [-0.39, 0.29) is 0 Å². The van der Waals surface area contributed by atoms with E-state index < -0.39 is 0 Å². The van der Waals surface area contributed by atoms with Gasteiger partial charge in [-0.1, -0.05) is 6.92 Å². The second kappa shape index (κ2) is 7.43. The molecular formula is C11H22N4. The first kappa shape index (κ1) is 12.2. The third-order valence-electron chi connectivity index (χ3n) is 2.21.